The van der Waals surface area contributed by atoms with Crippen molar-refractivity contribution in [2.24, 2.45) is 4.99 Å². The van der Waals surface area contributed by atoms with E-state index < -0.39 is 6.61 Å². The number of nitrogen functional groups attached to an aromatic ring is 1. The number of hydrogen-bond donors (Lipinski definition) is 2. The van der Waals surface area contributed by atoms with Crippen LogP contribution in [0.15, 0.2) is 41.7 Å². The van der Waals surface area contributed by atoms with Gasteiger partial charge in [-0.3, -0.25) is 19.6 Å². The van der Waals surface area contributed by atoms with Gasteiger partial charge in [0.05, 0.1) is 35.4 Å². The van der Waals surface area contributed by atoms with Gasteiger partial charge >= 0.3 is 0 Å². The maximum atomic E-state index is 12.7. The average Bonchev–Trinajstić information content (AvgIpc) is 3.62. The number of aromatic nitrogens is 4. The first-order chi connectivity index (χ1) is 17.5. The number of pyridine rings is 1. The van der Waals surface area contributed by atoms with Crippen molar-refractivity contribution in [1.82, 2.24) is 24.5 Å². The Kier molecular flexibility index (Phi) is 5.40. The molecule has 10 nitrogen and oxygen atoms in total. The number of aliphatic imine (C=N–C) groups is 1. The molecule has 2 fully saturated rings. The van der Waals surface area contributed by atoms with E-state index in [1.54, 1.807) is 12.4 Å². The molecule has 184 valence electrons. The first-order valence-corrected chi connectivity index (χ1v) is 12.2. The van der Waals surface area contributed by atoms with Crippen molar-refractivity contribution in [3.8, 4) is 11.1 Å². The fourth-order valence-electron chi connectivity index (χ4n) is 6.02. The second-order valence-corrected chi connectivity index (χ2v) is 9.68. The van der Waals surface area contributed by atoms with Gasteiger partial charge in [-0.25, -0.2) is 4.98 Å². The normalized spacial score (nSPS) is 22.9. The van der Waals surface area contributed by atoms with Crippen molar-refractivity contribution in [2.75, 3.05) is 18.9 Å². The first-order valence-electron chi connectivity index (χ1n) is 12.2. The zero-order chi connectivity index (χ0) is 25.0. The molecule has 1 unspecified atom stereocenters. The summed E-state index contributed by atoms with van der Waals surface area (Å²) in [4.78, 5) is 40.8. The van der Waals surface area contributed by atoms with E-state index in [9.17, 15) is 14.7 Å². The van der Waals surface area contributed by atoms with Crippen LogP contribution < -0.4 is 5.73 Å². The summed E-state index contributed by atoms with van der Waals surface area (Å²) in [7, 11) is 0. The van der Waals surface area contributed by atoms with E-state index in [4.69, 9.17) is 10.7 Å². The van der Waals surface area contributed by atoms with E-state index in [-0.39, 0.29) is 35.5 Å². The van der Waals surface area contributed by atoms with Crippen LogP contribution in [0.5, 0.6) is 0 Å². The maximum absolute atomic E-state index is 12.7. The third-order valence-electron chi connectivity index (χ3n) is 7.59. The Morgan fingerprint density at radius 1 is 1.17 bits per heavy atom. The summed E-state index contributed by atoms with van der Waals surface area (Å²) in [5.74, 6) is -0.146. The zero-order valence-electron chi connectivity index (χ0n) is 20.0. The van der Waals surface area contributed by atoms with Crippen LogP contribution in [-0.2, 0) is 4.79 Å². The molecular formula is C26H27N7O3. The molecule has 3 aromatic heterocycles. The second kappa shape index (κ2) is 8.63. The molecule has 0 saturated carbocycles. The van der Waals surface area contributed by atoms with E-state index in [1.807, 2.05) is 29.2 Å². The van der Waals surface area contributed by atoms with Crippen molar-refractivity contribution >= 4 is 28.9 Å². The SMILES string of the molecule is CC(=O)c1c(C2C[C@H]3CC[C@@H](C2)N3C(=O)CO)nc2c(-c3ccc(C4=NCC=C4)nc3)cnn2c1N. The number of carbonyl (C=O) groups is 2. The van der Waals surface area contributed by atoms with Crippen LogP contribution >= 0.6 is 0 Å². The number of allylic oxidation sites excluding steroid dienone is 1. The molecule has 0 spiro atoms. The number of ketones is 1. The molecule has 6 rings (SSSR count). The van der Waals surface area contributed by atoms with Gasteiger partial charge in [-0.1, -0.05) is 12.1 Å². The van der Waals surface area contributed by atoms with Gasteiger partial charge in [-0.15, -0.1) is 0 Å². The van der Waals surface area contributed by atoms with Crippen LogP contribution in [0.25, 0.3) is 16.8 Å². The summed E-state index contributed by atoms with van der Waals surface area (Å²) in [6.07, 6.45) is 10.6. The Bertz CT molecular complexity index is 1430. The van der Waals surface area contributed by atoms with Crippen LogP contribution in [0, 0.1) is 0 Å². The van der Waals surface area contributed by atoms with Crippen molar-refractivity contribution in [1.29, 1.82) is 0 Å². The number of rotatable bonds is 5. The van der Waals surface area contributed by atoms with Gasteiger partial charge in [0.15, 0.2) is 11.4 Å². The standard InChI is InChI=1S/C26H27N7O3/c1-14(35)23-24(16-9-17-5-6-18(10-16)32(17)22(36)13-34)31-26-19(12-30-33(26)25(23)27)15-4-7-21(29-11-15)20-3-2-8-28-20/h2-4,7,11-12,16-18,34H,5-6,8-10,13,27H2,1H3/t16?,17-,18+. The number of hydrogen-bond acceptors (Lipinski definition) is 8. The number of carbonyl (C=O) groups excluding carboxylic acids is 2. The fraction of sp³-hybridized carbons (Fsp3) is 0.385. The lowest BCUT2D eigenvalue weighted by Gasteiger charge is -2.39. The minimum Gasteiger partial charge on any atom is -0.387 e. The molecule has 10 heteroatoms. The minimum absolute atomic E-state index is 0.0214. The van der Waals surface area contributed by atoms with Crippen molar-refractivity contribution < 1.29 is 14.7 Å². The molecule has 6 heterocycles. The Morgan fingerprint density at radius 2 is 1.94 bits per heavy atom. The number of amides is 1. The molecule has 0 aromatic carbocycles. The van der Waals surface area contributed by atoms with E-state index >= 15 is 0 Å². The Hall–Kier alpha value is -3.92. The quantitative estimate of drug-likeness (QED) is 0.528. The largest absolute Gasteiger partial charge is 0.387 e. The molecule has 36 heavy (non-hydrogen) atoms. The first kappa shape index (κ1) is 22.5. The van der Waals surface area contributed by atoms with Gasteiger partial charge in [0.1, 0.15) is 12.4 Å². The number of anilines is 1. The molecule has 0 aliphatic carbocycles. The number of nitrogens with zero attached hydrogens (tertiary/aromatic N) is 6. The zero-order valence-corrected chi connectivity index (χ0v) is 20.0. The second-order valence-electron chi connectivity index (χ2n) is 9.68. The topological polar surface area (TPSA) is 139 Å². The lowest BCUT2D eigenvalue weighted by Crippen LogP contribution is -2.47. The summed E-state index contributed by atoms with van der Waals surface area (Å²) in [5.41, 5.74) is 11.4. The third kappa shape index (κ3) is 3.51. The Morgan fingerprint density at radius 3 is 2.56 bits per heavy atom. The van der Waals surface area contributed by atoms with Crippen LogP contribution in [0.4, 0.5) is 5.82 Å². The van der Waals surface area contributed by atoms with Crippen LogP contribution in [-0.4, -0.2) is 72.2 Å². The monoisotopic (exact) mass is 485 g/mol. The smallest absolute Gasteiger partial charge is 0.248 e. The summed E-state index contributed by atoms with van der Waals surface area (Å²) in [6, 6.07) is 3.94. The lowest BCUT2D eigenvalue weighted by atomic mass is 9.85. The molecule has 3 atom stereocenters. The van der Waals surface area contributed by atoms with Gasteiger partial charge in [-0.2, -0.15) is 9.61 Å². The van der Waals surface area contributed by atoms with Gasteiger partial charge in [-0.05, 0) is 44.7 Å². The number of piperidine rings is 1. The molecule has 2 bridgehead atoms. The Labute approximate surface area is 207 Å². The lowest BCUT2D eigenvalue weighted by molar-refractivity contribution is -0.138. The minimum atomic E-state index is -0.483. The summed E-state index contributed by atoms with van der Waals surface area (Å²) in [5, 5.41) is 13.9. The number of aliphatic hydroxyl groups excluding tert-OH is 1. The van der Waals surface area contributed by atoms with E-state index in [2.05, 4.69) is 15.1 Å². The molecular weight excluding hydrogens is 458 g/mol. The molecule has 1 amide bonds. The van der Waals surface area contributed by atoms with Crippen LogP contribution in [0.2, 0.25) is 0 Å². The predicted molar refractivity (Wildman–Crippen MR) is 134 cm³/mol. The molecule has 3 aliphatic rings. The summed E-state index contributed by atoms with van der Waals surface area (Å²) in [6.45, 7) is 1.68. The summed E-state index contributed by atoms with van der Waals surface area (Å²) < 4.78 is 1.52. The fourth-order valence-corrected chi connectivity index (χ4v) is 6.02. The van der Waals surface area contributed by atoms with Crippen molar-refractivity contribution in [3.05, 3.63) is 53.6 Å². The Balaban J connectivity index is 1.41. The van der Waals surface area contributed by atoms with E-state index in [1.165, 1.54) is 11.4 Å². The average molecular weight is 486 g/mol. The number of nitrogens with two attached hydrogens (primary N) is 1. The highest BCUT2D eigenvalue weighted by molar-refractivity contribution is 6.08. The maximum Gasteiger partial charge on any atom is 0.248 e. The van der Waals surface area contributed by atoms with Gasteiger partial charge < -0.3 is 15.7 Å². The van der Waals surface area contributed by atoms with Crippen LogP contribution in [0.1, 0.15) is 60.3 Å². The van der Waals surface area contributed by atoms with Crippen molar-refractivity contribution in [2.45, 2.75) is 50.6 Å². The highest BCUT2D eigenvalue weighted by atomic mass is 16.3. The highest BCUT2D eigenvalue weighted by Gasteiger charge is 2.44. The number of fused-ring (bicyclic) bond motifs is 3. The number of Topliss-reactive ketones (excluding diaryl/α,β-unsaturated/α-hetero) is 1. The van der Waals surface area contributed by atoms with Gasteiger partial charge in [0.25, 0.3) is 0 Å². The van der Waals surface area contributed by atoms with Crippen molar-refractivity contribution in [3.63, 3.8) is 0 Å². The predicted octanol–water partition coefficient (Wildman–Crippen LogP) is 2.16. The third-order valence-corrected chi connectivity index (χ3v) is 7.59. The molecule has 2 saturated heterocycles. The van der Waals surface area contributed by atoms with Gasteiger partial charge in [0, 0.05) is 35.3 Å². The van der Waals surface area contributed by atoms with E-state index in [0.717, 1.165) is 35.4 Å². The van der Waals surface area contributed by atoms with Gasteiger partial charge in [0.2, 0.25) is 5.91 Å². The molecule has 3 aliphatic heterocycles. The van der Waals surface area contributed by atoms with Crippen LogP contribution in [0.3, 0.4) is 0 Å². The molecule has 0 radical (unpaired) electrons. The summed E-state index contributed by atoms with van der Waals surface area (Å²) >= 11 is 0. The van der Waals surface area contributed by atoms with E-state index in [0.29, 0.717) is 36.3 Å². The molecule has 3 aromatic rings. The number of aliphatic hydroxyl groups is 1. The highest BCUT2D eigenvalue weighted by Crippen LogP contribution is 2.44. The molecule has 3 N–H and O–H groups in total.